The lowest BCUT2D eigenvalue weighted by Gasteiger charge is -1.95. The largest absolute Gasteiger partial charge is 0.459 e. The number of fused-ring (bicyclic) bond motifs is 1. The third-order valence-corrected chi connectivity index (χ3v) is 2.81. The third-order valence-electron chi connectivity index (χ3n) is 2.81. The second kappa shape index (κ2) is 3.66. The summed E-state index contributed by atoms with van der Waals surface area (Å²) in [6, 6.07) is 9.65. The SMILES string of the molecule is CCc1ccc(-c2nc3ccccn3c2N)o1. The zero-order valence-electron chi connectivity index (χ0n) is 9.55. The lowest BCUT2D eigenvalue weighted by molar-refractivity contribution is 0.528. The lowest BCUT2D eigenvalue weighted by atomic mass is 10.3. The van der Waals surface area contributed by atoms with Crippen molar-refractivity contribution in [3.05, 3.63) is 42.3 Å². The highest BCUT2D eigenvalue weighted by Crippen LogP contribution is 2.27. The van der Waals surface area contributed by atoms with E-state index >= 15 is 0 Å². The molecule has 3 heterocycles. The molecule has 0 bridgehead atoms. The molecule has 0 saturated heterocycles. The van der Waals surface area contributed by atoms with Crippen LogP contribution < -0.4 is 5.73 Å². The van der Waals surface area contributed by atoms with Crippen LogP contribution in [0.5, 0.6) is 0 Å². The molecule has 0 fully saturated rings. The smallest absolute Gasteiger partial charge is 0.156 e. The molecule has 0 radical (unpaired) electrons. The molecule has 4 nitrogen and oxygen atoms in total. The van der Waals surface area contributed by atoms with Gasteiger partial charge >= 0.3 is 0 Å². The van der Waals surface area contributed by atoms with Crippen LogP contribution in [0.1, 0.15) is 12.7 Å². The van der Waals surface area contributed by atoms with Crippen molar-refractivity contribution >= 4 is 11.5 Å². The van der Waals surface area contributed by atoms with Crippen molar-refractivity contribution in [3.8, 4) is 11.5 Å². The monoisotopic (exact) mass is 227 g/mol. The zero-order chi connectivity index (χ0) is 11.8. The van der Waals surface area contributed by atoms with Gasteiger partial charge in [-0.2, -0.15) is 0 Å². The number of hydrogen-bond acceptors (Lipinski definition) is 3. The predicted molar refractivity (Wildman–Crippen MR) is 66.7 cm³/mol. The minimum absolute atomic E-state index is 0.609. The molecule has 4 heteroatoms. The maximum Gasteiger partial charge on any atom is 0.156 e. The van der Waals surface area contributed by atoms with Crippen LogP contribution >= 0.6 is 0 Å². The Bertz CT molecular complexity index is 666. The number of aromatic nitrogens is 2. The van der Waals surface area contributed by atoms with E-state index in [0.29, 0.717) is 11.5 Å². The zero-order valence-corrected chi connectivity index (χ0v) is 9.55. The minimum Gasteiger partial charge on any atom is -0.459 e. The van der Waals surface area contributed by atoms with Crippen molar-refractivity contribution in [1.82, 2.24) is 9.38 Å². The van der Waals surface area contributed by atoms with E-state index in [4.69, 9.17) is 10.2 Å². The van der Waals surface area contributed by atoms with Gasteiger partial charge in [0.05, 0.1) is 0 Å². The van der Waals surface area contributed by atoms with E-state index in [2.05, 4.69) is 11.9 Å². The Balaban J connectivity index is 2.20. The molecule has 0 aliphatic carbocycles. The van der Waals surface area contributed by atoms with E-state index < -0.39 is 0 Å². The lowest BCUT2D eigenvalue weighted by Crippen LogP contribution is -1.92. The van der Waals surface area contributed by atoms with Gasteiger partial charge in [0.25, 0.3) is 0 Å². The number of aryl methyl sites for hydroxylation is 1. The van der Waals surface area contributed by atoms with E-state index in [9.17, 15) is 0 Å². The van der Waals surface area contributed by atoms with E-state index in [1.807, 2.05) is 40.9 Å². The molecule has 0 aliphatic heterocycles. The molecule has 0 atom stereocenters. The summed E-state index contributed by atoms with van der Waals surface area (Å²) >= 11 is 0. The Kier molecular flexibility index (Phi) is 2.14. The molecule has 0 saturated carbocycles. The fourth-order valence-corrected chi connectivity index (χ4v) is 1.89. The molecule has 86 valence electrons. The third kappa shape index (κ3) is 1.49. The average Bonchev–Trinajstić information content (AvgIpc) is 2.95. The van der Waals surface area contributed by atoms with Gasteiger partial charge in [-0.25, -0.2) is 4.98 Å². The van der Waals surface area contributed by atoms with Crippen molar-refractivity contribution in [1.29, 1.82) is 0 Å². The maximum atomic E-state index is 6.06. The summed E-state index contributed by atoms with van der Waals surface area (Å²) in [5, 5.41) is 0. The van der Waals surface area contributed by atoms with Crippen LogP contribution in [0.15, 0.2) is 40.9 Å². The van der Waals surface area contributed by atoms with Gasteiger partial charge in [0.2, 0.25) is 0 Å². The number of hydrogen-bond donors (Lipinski definition) is 1. The normalized spacial score (nSPS) is 11.1. The second-order valence-corrected chi connectivity index (χ2v) is 3.89. The van der Waals surface area contributed by atoms with Crippen LogP contribution in [0.3, 0.4) is 0 Å². The van der Waals surface area contributed by atoms with Crippen LogP contribution in [0.25, 0.3) is 17.1 Å². The summed E-state index contributed by atoms with van der Waals surface area (Å²) in [4.78, 5) is 4.47. The number of furan rings is 1. The van der Waals surface area contributed by atoms with Gasteiger partial charge in [-0.3, -0.25) is 4.40 Å². The standard InChI is InChI=1S/C13H13N3O/c1-2-9-6-7-10(17-9)12-13(14)16-8-4-3-5-11(16)15-12/h3-8H,2,14H2,1H3. The second-order valence-electron chi connectivity index (χ2n) is 3.89. The Labute approximate surface area is 98.7 Å². The molecule has 0 unspecified atom stereocenters. The first-order valence-corrected chi connectivity index (χ1v) is 5.61. The molecule has 3 aromatic heterocycles. The predicted octanol–water partition coefficient (Wildman–Crippen LogP) is 2.74. The maximum absolute atomic E-state index is 6.06. The molecular formula is C13H13N3O. The first kappa shape index (κ1) is 9.96. The topological polar surface area (TPSA) is 56.5 Å². The molecule has 3 aromatic rings. The highest BCUT2D eigenvalue weighted by molar-refractivity contribution is 5.71. The number of pyridine rings is 1. The number of anilines is 1. The molecule has 0 aliphatic rings. The molecule has 0 spiro atoms. The fourth-order valence-electron chi connectivity index (χ4n) is 1.89. The minimum atomic E-state index is 0.609. The summed E-state index contributed by atoms with van der Waals surface area (Å²) in [6.45, 7) is 2.05. The number of imidazole rings is 1. The Hall–Kier alpha value is -2.23. The van der Waals surface area contributed by atoms with Gasteiger partial charge in [0.1, 0.15) is 22.9 Å². The van der Waals surface area contributed by atoms with Crippen molar-refractivity contribution in [3.63, 3.8) is 0 Å². The van der Waals surface area contributed by atoms with Gasteiger partial charge < -0.3 is 10.2 Å². The van der Waals surface area contributed by atoms with Gasteiger partial charge in [-0.15, -0.1) is 0 Å². The van der Waals surface area contributed by atoms with Crippen LogP contribution in [0.2, 0.25) is 0 Å². The highest BCUT2D eigenvalue weighted by atomic mass is 16.3. The van der Waals surface area contributed by atoms with Gasteiger partial charge in [-0.05, 0) is 24.3 Å². The summed E-state index contributed by atoms with van der Waals surface area (Å²) in [6.07, 6.45) is 2.76. The molecule has 2 N–H and O–H groups in total. The molecule has 3 rings (SSSR count). The molecule has 0 aromatic carbocycles. The van der Waals surface area contributed by atoms with Crippen LogP contribution in [0, 0.1) is 0 Å². The van der Waals surface area contributed by atoms with Crippen molar-refractivity contribution in [2.75, 3.05) is 5.73 Å². The summed E-state index contributed by atoms with van der Waals surface area (Å²) in [5.41, 5.74) is 7.59. The number of nitrogens with zero attached hydrogens (tertiary/aromatic N) is 2. The number of rotatable bonds is 2. The summed E-state index contributed by atoms with van der Waals surface area (Å²) in [7, 11) is 0. The first-order chi connectivity index (χ1) is 8.29. The summed E-state index contributed by atoms with van der Waals surface area (Å²) < 4.78 is 7.52. The summed E-state index contributed by atoms with van der Waals surface area (Å²) in [5.74, 6) is 2.28. The van der Waals surface area contributed by atoms with E-state index in [1.54, 1.807) is 0 Å². The Morgan fingerprint density at radius 1 is 1.29 bits per heavy atom. The van der Waals surface area contributed by atoms with Gasteiger partial charge in [0, 0.05) is 12.6 Å². The van der Waals surface area contributed by atoms with Crippen LogP contribution in [0.4, 0.5) is 5.82 Å². The van der Waals surface area contributed by atoms with Gasteiger partial charge in [-0.1, -0.05) is 13.0 Å². The van der Waals surface area contributed by atoms with E-state index in [-0.39, 0.29) is 0 Å². The van der Waals surface area contributed by atoms with Crippen LogP contribution in [-0.2, 0) is 6.42 Å². The quantitative estimate of drug-likeness (QED) is 0.732. The Morgan fingerprint density at radius 3 is 2.88 bits per heavy atom. The van der Waals surface area contributed by atoms with Crippen molar-refractivity contribution in [2.24, 2.45) is 0 Å². The van der Waals surface area contributed by atoms with Crippen molar-refractivity contribution < 1.29 is 4.42 Å². The molecule has 0 amide bonds. The van der Waals surface area contributed by atoms with Crippen LogP contribution in [-0.4, -0.2) is 9.38 Å². The number of nitrogen functional groups attached to an aromatic ring is 1. The molecule has 17 heavy (non-hydrogen) atoms. The van der Waals surface area contributed by atoms with E-state index in [0.717, 1.165) is 23.6 Å². The number of nitrogens with two attached hydrogens (primary N) is 1. The van der Waals surface area contributed by atoms with Crippen molar-refractivity contribution in [2.45, 2.75) is 13.3 Å². The average molecular weight is 227 g/mol. The molecular weight excluding hydrogens is 214 g/mol. The van der Waals surface area contributed by atoms with Gasteiger partial charge in [0.15, 0.2) is 5.76 Å². The van der Waals surface area contributed by atoms with E-state index in [1.165, 1.54) is 0 Å². The fraction of sp³-hybridized carbons (Fsp3) is 0.154. The highest BCUT2D eigenvalue weighted by Gasteiger charge is 2.13. The Morgan fingerprint density at radius 2 is 2.18 bits per heavy atom. The first-order valence-electron chi connectivity index (χ1n) is 5.61.